The quantitative estimate of drug-likeness (QED) is 0.841. The molecule has 120 valence electrons. The summed E-state index contributed by atoms with van der Waals surface area (Å²) in [7, 11) is 0. The van der Waals surface area contributed by atoms with Gasteiger partial charge in [0.05, 0.1) is 0 Å². The maximum absolute atomic E-state index is 12.7. The van der Waals surface area contributed by atoms with Crippen LogP contribution in [0.2, 0.25) is 0 Å². The Bertz CT molecular complexity index is 537. The number of ether oxygens (including phenoxy) is 1. The average Bonchev–Trinajstić information content (AvgIpc) is 2.43. The SMILES string of the molecule is CC(C)N(CC1CCC1)C(=O)c1cccc(OCC(=O)O)c1. The molecule has 1 N–H and O–H groups in total. The molecule has 1 aromatic carbocycles. The minimum atomic E-state index is -1.04. The Morgan fingerprint density at radius 3 is 2.64 bits per heavy atom. The van der Waals surface area contributed by atoms with Gasteiger partial charge in [-0.15, -0.1) is 0 Å². The number of amides is 1. The number of hydrogen-bond acceptors (Lipinski definition) is 3. The van der Waals surface area contributed by atoms with Gasteiger partial charge in [-0.3, -0.25) is 4.79 Å². The number of carboxylic acid groups (broad SMARTS) is 1. The molecule has 5 heteroatoms. The topological polar surface area (TPSA) is 66.8 Å². The Balaban J connectivity index is 2.08. The monoisotopic (exact) mass is 305 g/mol. The largest absolute Gasteiger partial charge is 0.482 e. The summed E-state index contributed by atoms with van der Waals surface area (Å²) in [4.78, 5) is 25.1. The van der Waals surface area contributed by atoms with E-state index in [0.717, 1.165) is 6.54 Å². The third-order valence-corrected chi connectivity index (χ3v) is 4.01. The van der Waals surface area contributed by atoms with Gasteiger partial charge in [-0.05, 0) is 50.8 Å². The fraction of sp³-hybridized carbons (Fsp3) is 0.529. The molecule has 0 aliphatic heterocycles. The van der Waals surface area contributed by atoms with E-state index in [9.17, 15) is 9.59 Å². The molecule has 0 aromatic heterocycles. The number of hydrogen-bond donors (Lipinski definition) is 1. The molecule has 22 heavy (non-hydrogen) atoms. The molecule has 5 nitrogen and oxygen atoms in total. The Kier molecular flexibility index (Phi) is 5.41. The van der Waals surface area contributed by atoms with Crippen molar-refractivity contribution in [2.75, 3.05) is 13.2 Å². The summed E-state index contributed by atoms with van der Waals surface area (Å²) in [5.41, 5.74) is 0.538. The van der Waals surface area contributed by atoms with Crippen LogP contribution in [0.5, 0.6) is 5.75 Å². The maximum atomic E-state index is 12.7. The van der Waals surface area contributed by atoms with Crippen LogP contribution in [-0.4, -0.2) is 41.1 Å². The number of aliphatic carboxylic acids is 1. The van der Waals surface area contributed by atoms with Crippen molar-refractivity contribution < 1.29 is 19.4 Å². The predicted molar refractivity (Wildman–Crippen MR) is 83.1 cm³/mol. The van der Waals surface area contributed by atoms with Crippen molar-refractivity contribution in [3.05, 3.63) is 29.8 Å². The first-order valence-electron chi connectivity index (χ1n) is 7.73. The van der Waals surface area contributed by atoms with E-state index in [1.54, 1.807) is 24.3 Å². The molecule has 0 saturated heterocycles. The first-order chi connectivity index (χ1) is 10.5. The molecular weight excluding hydrogens is 282 g/mol. The van der Waals surface area contributed by atoms with E-state index in [0.29, 0.717) is 17.2 Å². The van der Waals surface area contributed by atoms with Gasteiger partial charge in [0, 0.05) is 18.2 Å². The van der Waals surface area contributed by atoms with E-state index in [1.165, 1.54) is 19.3 Å². The van der Waals surface area contributed by atoms with Gasteiger partial charge < -0.3 is 14.7 Å². The van der Waals surface area contributed by atoms with Crippen molar-refractivity contribution in [3.8, 4) is 5.75 Å². The molecular formula is C17H23NO4. The molecule has 1 aliphatic rings. The van der Waals surface area contributed by atoms with Crippen LogP contribution in [0.25, 0.3) is 0 Å². The van der Waals surface area contributed by atoms with Crippen LogP contribution in [-0.2, 0) is 4.79 Å². The lowest BCUT2D eigenvalue weighted by Gasteiger charge is -2.35. The van der Waals surface area contributed by atoms with Gasteiger partial charge in [0.15, 0.2) is 6.61 Å². The lowest BCUT2D eigenvalue weighted by molar-refractivity contribution is -0.139. The van der Waals surface area contributed by atoms with Gasteiger partial charge in [0.1, 0.15) is 5.75 Å². The van der Waals surface area contributed by atoms with Gasteiger partial charge in [0.25, 0.3) is 5.91 Å². The predicted octanol–water partition coefficient (Wildman–Crippen LogP) is 2.80. The summed E-state index contributed by atoms with van der Waals surface area (Å²) in [5.74, 6) is -0.0495. The van der Waals surface area contributed by atoms with Gasteiger partial charge in [-0.2, -0.15) is 0 Å². The first kappa shape index (κ1) is 16.3. The molecule has 0 atom stereocenters. The second-order valence-electron chi connectivity index (χ2n) is 6.06. The van der Waals surface area contributed by atoms with Crippen LogP contribution >= 0.6 is 0 Å². The summed E-state index contributed by atoms with van der Waals surface area (Å²) in [5, 5.41) is 8.65. The third-order valence-electron chi connectivity index (χ3n) is 4.01. The molecule has 0 bridgehead atoms. The summed E-state index contributed by atoms with van der Waals surface area (Å²) >= 11 is 0. The first-order valence-corrected chi connectivity index (χ1v) is 7.73. The molecule has 1 aliphatic carbocycles. The van der Waals surface area contributed by atoms with E-state index < -0.39 is 12.6 Å². The summed E-state index contributed by atoms with van der Waals surface area (Å²) in [6.45, 7) is 4.41. The highest BCUT2D eigenvalue weighted by Crippen LogP contribution is 2.28. The molecule has 0 heterocycles. The standard InChI is InChI=1S/C17H23NO4/c1-12(2)18(10-13-5-3-6-13)17(21)14-7-4-8-15(9-14)22-11-16(19)20/h4,7-9,12-13H,3,5-6,10-11H2,1-2H3,(H,19,20). The van der Waals surface area contributed by atoms with Gasteiger partial charge in [-0.1, -0.05) is 12.5 Å². The third kappa shape index (κ3) is 4.23. The van der Waals surface area contributed by atoms with Gasteiger partial charge >= 0.3 is 5.97 Å². The number of carbonyl (C=O) groups is 2. The van der Waals surface area contributed by atoms with E-state index in [1.807, 2.05) is 18.7 Å². The summed E-state index contributed by atoms with van der Waals surface area (Å²) in [6.07, 6.45) is 3.64. The van der Waals surface area contributed by atoms with Crippen LogP contribution in [0, 0.1) is 5.92 Å². The number of carbonyl (C=O) groups excluding carboxylic acids is 1. The van der Waals surface area contributed by atoms with Crippen LogP contribution in [0.3, 0.4) is 0 Å². The van der Waals surface area contributed by atoms with E-state index in [2.05, 4.69) is 0 Å². The van der Waals surface area contributed by atoms with E-state index in [4.69, 9.17) is 9.84 Å². The van der Waals surface area contributed by atoms with E-state index in [-0.39, 0.29) is 11.9 Å². The number of nitrogens with zero attached hydrogens (tertiary/aromatic N) is 1. The number of benzene rings is 1. The lowest BCUT2D eigenvalue weighted by Crippen LogP contribution is -2.41. The van der Waals surface area contributed by atoms with Crippen LogP contribution in [0.4, 0.5) is 0 Å². The van der Waals surface area contributed by atoms with Crippen molar-refractivity contribution in [1.82, 2.24) is 4.90 Å². The highest BCUT2D eigenvalue weighted by Gasteiger charge is 2.26. The molecule has 1 fully saturated rings. The van der Waals surface area contributed by atoms with Crippen LogP contribution in [0.1, 0.15) is 43.5 Å². The zero-order chi connectivity index (χ0) is 16.1. The highest BCUT2D eigenvalue weighted by atomic mass is 16.5. The molecule has 1 amide bonds. The minimum Gasteiger partial charge on any atom is -0.482 e. The Labute approximate surface area is 130 Å². The van der Waals surface area contributed by atoms with Gasteiger partial charge in [0.2, 0.25) is 0 Å². The number of carboxylic acids is 1. The van der Waals surface area contributed by atoms with Crippen LogP contribution < -0.4 is 4.74 Å². The highest BCUT2D eigenvalue weighted by molar-refractivity contribution is 5.94. The molecule has 2 rings (SSSR count). The normalized spacial score (nSPS) is 14.5. The second-order valence-corrected chi connectivity index (χ2v) is 6.06. The Morgan fingerprint density at radius 2 is 2.09 bits per heavy atom. The molecule has 1 aromatic rings. The summed E-state index contributed by atoms with van der Waals surface area (Å²) < 4.78 is 5.14. The summed E-state index contributed by atoms with van der Waals surface area (Å²) in [6, 6.07) is 6.86. The Morgan fingerprint density at radius 1 is 1.36 bits per heavy atom. The average molecular weight is 305 g/mol. The van der Waals surface area contributed by atoms with Crippen molar-refractivity contribution in [1.29, 1.82) is 0 Å². The van der Waals surface area contributed by atoms with Crippen molar-refractivity contribution >= 4 is 11.9 Å². The lowest BCUT2D eigenvalue weighted by atomic mass is 9.85. The molecule has 0 spiro atoms. The van der Waals surface area contributed by atoms with Crippen molar-refractivity contribution in [2.24, 2.45) is 5.92 Å². The molecule has 0 unspecified atom stereocenters. The zero-order valence-corrected chi connectivity index (χ0v) is 13.1. The number of rotatable bonds is 7. The molecule has 1 saturated carbocycles. The zero-order valence-electron chi connectivity index (χ0n) is 13.1. The van der Waals surface area contributed by atoms with Crippen molar-refractivity contribution in [2.45, 2.75) is 39.2 Å². The fourth-order valence-electron chi connectivity index (χ4n) is 2.51. The van der Waals surface area contributed by atoms with Crippen molar-refractivity contribution in [3.63, 3.8) is 0 Å². The fourth-order valence-corrected chi connectivity index (χ4v) is 2.51. The minimum absolute atomic E-state index is 0.0253. The Hall–Kier alpha value is -2.04. The van der Waals surface area contributed by atoms with E-state index >= 15 is 0 Å². The van der Waals surface area contributed by atoms with Crippen LogP contribution in [0.15, 0.2) is 24.3 Å². The maximum Gasteiger partial charge on any atom is 0.341 e. The molecule has 0 radical (unpaired) electrons. The van der Waals surface area contributed by atoms with Gasteiger partial charge in [-0.25, -0.2) is 4.79 Å². The smallest absolute Gasteiger partial charge is 0.341 e. The second kappa shape index (κ2) is 7.29.